The summed E-state index contributed by atoms with van der Waals surface area (Å²) in [7, 11) is 0. The Bertz CT molecular complexity index is 257. The Balaban J connectivity index is 1.70. The molecule has 4 heteroatoms. The van der Waals surface area contributed by atoms with Crippen LogP contribution in [0.15, 0.2) is 0 Å². The van der Waals surface area contributed by atoms with Crippen LogP contribution in [0.25, 0.3) is 0 Å². The van der Waals surface area contributed by atoms with Gasteiger partial charge in [0.2, 0.25) is 0 Å². The third kappa shape index (κ3) is 4.99. The molecule has 3 unspecified atom stereocenters. The van der Waals surface area contributed by atoms with E-state index in [0.717, 1.165) is 45.0 Å². The summed E-state index contributed by atoms with van der Waals surface area (Å²) < 4.78 is 5.54. The van der Waals surface area contributed by atoms with Crippen LogP contribution in [0.5, 0.6) is 0 Å². The van der Waals surface area contributed by atoms with Crippen molar-refractivity contribution in [3.63, 3.8) is 0 Å². The van der Waals surface area contributed by atoms with Crippen LogP contribution in [-0.2, 0) is 4.74 Å². The normalized spacial score (nSPS) is 29.7. The number of aliphatic hydroxyl groups is 1. The second kappa shape index (κ2) is 8.98. The molecule has 2 saturated heterocycles. The highest BCUT2D eigenvalue weighted by molar-refractivity contribution is 4.88. The first-order chi connectivity index (χ1) is 9.81. The predicted molar refractivity (Wildman–Crippen MR) is 81.9 cm³/mol. The zero-order valence-corrected chi connectivity index (χ0v) is 13.0. The summed E-state index contributed by atoms with van der Waals surface area (Å²) >= 11 is 0. The first kappa shape index (κ1) is 16.2. The number of rotatable bonds is 8. The number of β-amino-alcohol motifs (C(OH)–C–C–N with tert-alkyl or cyclic N) is 1. The molecule has 0 amide bonds. The fourth-order valence-corrected chi connectivity index (χ4v) is 3.61. The number of unbranched alkanes of at least 4 members (excludes halogenated alkanes) is 1. The van der Waals surface area contributed by atoms with Gasteiger partial charge in [-0.25, -0.2) is 0 Å². The summed E-state index contributed by atoms with van der Waals surface area (Å²) in [5.74, 6) is 0.777. The van der Waals surface area contributed by atoms with Gasteiger partial charge in [0.05, 0.1) is 12.7 Å². The number of ether oxygens (including phenoxy) is 1. The average molecular weight is 284 g/mol. The van der Waals surface area contributed by atoms with E-state index in [1.54, 1.807) is 0 Å². The van der Waals surface area contributed by atoms with Gasteiger partial charge in [-0.3, -0.25) is 4.90 Å². The number of hydrogen-bond acceptors (Lipinski definition) is 4. The Hall–Kier alpha value is -0.160. The third-order valence-electron chi connectivity index (χ3n) is 4.69. The lowest BCUT2D eigenvalue weighted by Gasteiger charge is -2.35. The second-order valence-corrected chi connectivity index (χ2v) is 6.39. The SMILES string of the molecule is CCCCOCC(O)CN1CCCC1C1CCCNC1. The zero-order chi connectivity index (χ0) is 14.2. The average Bonchev–Trinajstić information content (AvgIpc) is 2.92. The van der Waals surface area contributed by atoms with Gasteiger partial charge >= 0.3 is 0 Å². The Morgan fingerprint density at radius 1 is 1.35 bits per heavy atom. The van der Waals surface area contributed by atoms with Gasteiger partial charge in [-0.05, 0) is 57.7 Å². The molecule has 0 aromatic heterocycles. The van der Waals surface area contributed by atoms with E-state index >= 15 is 0 Å². The minimum absolute atomic E-state index is 0.330. The van der Waals surface area contributed by atoms with Crippen LogP contribution in [0.4, 0.5) is 0 Å². The fourth-order valence-electron chi connectivity index (χ4n) is 3.61. The van der Waals surface area contributed by atoms with E-state index in [-0.39, 0.29) is 6.10 Å². The molecule has 0 saturated carbocycles. The van der Waals surface area contributed by atoms with Crippen molar-refractivity contribution in [2.45, 2.75) is 57.6 Å². The Morgan fingerprint density at radius 2 is 2.25 bits per heavy atom. The minimum atomic E-state index is -0.330. The molecule has 3 atom stereocenters. The lowest BCUT2D eigenvalue weighted by molar-refractivity contribution is 0.00809. The topological polar surface area (TPSA) is 44.7 Å². The zero-order valence-electron chi connectivity index (χ0n) is 13.0. The van der Waals surface area contributed by atoms with Crippen LogP contribution in [0.2, 0.25) is 0 Å². The Kier molecular flexibility index (Phi) is 7.28. The number of piperidine rings is 1. The highest BCUT2D eigenvalue weighted by Crippen LogP contribution is 2.28. The summed E-state index contributed by atoms with van der Waals surface area (Å²) in [5.41, 5.74) is 0. The molecule has 0 bridgehead atoms. The van der Waals surface area contributed by atoms with Gasteiger partial charge in [-0.2, -0.15) is 0 Å². The molecule has 0 radical (unpaired) electrons. The maximum absolute atomic E-state index is 10.1. The molecule has 20 heavy (non-hydrogen) atoms. The van der Waals surface area contributed by atoms with E-state index in [4.69, 9.17) is 4.74 Å². The summed E-state index contributed by atoms with van der Waals surface area (Å²) in [5, 5.41) is 13.7. The van der Waals surface area contributed by atoms with Crippen molar-refractivity contribution < 1.29 is 9.84 Å². The molecule has 2 fully saturated rings. The van der Waals surface area contributed by atoms with Crippen LogP contribution in [0.1, 0.15) is 45.4 Å². The van der Waals surface area contributed by atoms with E-state index in [9.17, 15) is 5.11 Å². The van der Waals surface area contributed by atoms with E-state index in [1.165, 1.54) is 32.2 Å². The lowest BCUT2D eigenvalue weighted by Crippen LogP contribution is -2.46. The van der Waals surface area contributed by atoms with Gasteiger partial charge in [0, 0.05) is 19.2 Å². The number of nitrogens with zero attached hydrogens (tertiary/aromatic N) is 1. The van der Waals surface area contributed by atoms with Crippen molar-refractivity contribution in [3.05, 3.63) is 0 Å². The second-order valence-electron chi connectivity index (χ2n) is 6.39. The smallest absolute Gasteiger partial charge is 0.0900 e. The van der Waals surface area contributed by atoms with Crippen molar-refractivity contribution in [1.82, 2.24) is 10.2 Å². The highest BCUT2D eigenvalue weighted by atomic mass is 16.5. The van der Waals surface area contributed by atoms with Gasteiger partial charge in [0.1, 0.15) is 0 Å². The van der Waals surface area contributed by atoms with Crippen molar-refractivity contribution in [3.8, 4) is 0 Å². The number of hydrogen-bond donors (Lipinski definition) is 2. The molecule has 0 aromatic rings. The van der Waals surface area contributed by atoms with E-state index < -0.39 is 0 Å². The van der Waals surface area contributed by atoms with Crippen LogP contribution in [-0.4, -0.2) is 61.5 Å². The van der Waals surface area contributed by atoms with Gasteiger partial charge in [0.15, 0.2) is 0 Å². The Labute approximate surface area is 123 Å². The molecular weight excluding hydrogens is 252 g/mol. The van der Waals surface area contributed by atoms with Crippen molar-refractivity contribution in [2.24, 2.45) is 5.92 Å². The third-order valence-corrected chi connectivity index (χ3v) is 4.69. The minimum Gasteiger partial charge on any atom is -0.389 e. The molecule has 0 spiro atoms. The molecule has 0 aliphatic carbocycles. The maximum atomic E-state index is 10.1. The summed E-state index contributed by atoms with van der Waals surface area (Å²) in [6.07, 6.45) is 7.14. The van der Waals surface area contributed by atoms with Crippen molar-refractivity contribution in [2.75, 3.05) is 39.4 Å². The first-order valence-corrected chi connectivity index (χ1v) is 8.51. The van der Waals surface area contributed by atoms with Gasteiger partial charge in [-0.15, -0.1) is 0 Å². The van der Waals surface area contributed by atoms with Crippen molar-refractivity contribution in [1.29, 1.82) is 0 Å². The van der Waals surface area contributed by atoms with Crippen LogP contribution < -0.4 is 5.32 Å². The predicted octanol–water partition coefficient (Wildman–Crippen LogP) is 1.63. The highest BCUT2D eigenvalue weighted by Gasteiger charge is 2.33. The summed E-state index contributed by atoms with van der Waals surface area (Å²) in [4.78, 5) is 2.51. The molecule has 2 aliphatic heterocycles. The largest absolute Gasteiger partial charge is 0.389 e. The van der Waals surface area contributed by atoms with E-state index in [1.807, 2.05) is 0 Å². The van der Waals surface area contributed by atoms with Gasteiger partial charge < -0.3 is 15.2 Å². The number of nitrogens with one attached hydrogen (secondary N) is 1. The number of aliphatic hydroxyl groups excluding tert-OH is 1. The maximum Gasteiger partial charge on any atom is 0.0900 e. The standard InChI is InChI=1S/C16H32N2O2/c1-2-3-10-20-13-15(19)12-18-9-5-7-16(18)14-6-4-8-17-11-14/h14-17,19H,2-13H2,1H3. The van der Waals surface area contributed by atoms with E-state index in [2.05, 4.69) is 17.1 Å². The fraction of sp³-hybridized carbons (Fsp3) is 1.00. The van der Waals surface area contributed by atoms with Gasteiger partial charge in [0.25, 0.3) is 0 Å². The molecule has 2 N–H and O–H groups in total. The first-order valence-electron chi connectivity index (χ1n) is 8.51. The molecule has 118 valence electrons. The summed E-state index contributed by atoms with van der Waals surface area (Å²) in [6, 6.07) is 0.674. The molecule has 2 aliphatic rings. The van der Waals surface area contributed by atoms with Crippen molar-refractivity contribution >= 4 is 0 Å². The van der Waals surface area contributed by atoms with E-state index in [0.29, 0.717) is 12.6 Å². The lowest BCUT2D eigenvalue weighted by atomic mass is 9.90. The van der Waals surface area contributed by atoms with Crippen LogP contribution in [0, 0.1) is 5.92 Å². The van der Waals surface area contributed by atoms with Crippen LogP contribution >= 0.6 is 0 Å². The molecule has 2 rings (SSSR count). The number of likely N-dealkylation sites (tertiary alicyclic amines) is 1. The quantitative estimate of drug-likeness (QED) is 0.665. The molecular formula is C16H32N2O2. The molecule has 0 aromatic carbocycles. The van der Waals surface area contributed by atoms with Crippen LogP contribution in [0.3, 0.4) is 0 Å². The van der Waals surface area contributed by atoms with Gasteiger partial charge in [-0.1, -0.05) is 13.3 Å². The summed E-state index contributed by atoms with van der Waals surface area (Å²) in [6.45, 7) is 7.70. The molecule has 2 heterocycles. The molecule has 4 nitrogen and oxygen atoms in total. The Morgan fingerprint density at radius 3 is 3.00 bits per heavy atom. The monoisotopic (exact) mass is 284 g/mol.